The van der Waals surface area contributed by atoms with Crippen molar-refractivity contribution >= 4 is 5.69 Å². The molecule has 1 aliphatic heterocycles. The van der Waals surface area contributed by atoms with Gasteiger partial charge in [0.15, 0.2) is 11.5 Å². The smallest absolute Gasteiger partial charge is 0.231 e. The van der Waals surface area contributed by atoms with Gasteiger partial charge in [0.25, 0.3) is 0 Å². The molecule has 0 aliphatic carbocycles. The van der Waals surface area contributed by atoms with Gasteiger partial charge in [-0.1, -0.05) is 18.2 Å². The molecule has 0 aromatic heterocycles. The first-order valence-electron chi connectivity index (χ1n) is 6.45. The van der Waals surface area contributed by atoms with E-state index in [1.165, 1.54) is 11.1 Å². The Hall–Kier alpha value is -2.16. The van der Waals surface area contributed by atoms with Gasteiger partial charge < -0.3 is 14.8 Å². The highest BCUT2D eigenvalue weighted by Gasteiger charge is 2.15. The number of rotatable bonds is 3. The van der Waals surface area contributed by atoms with Gasteiger partial charge in [-0.25, -0.2) is 0 Å². The average Bonchev–Trinajstić information content (AvgIpc) is 2.85. The number of nitrogens with one attached hydrogen (secondary N) is 1. The normalized spacial score (nSPS) is 14.2. The summed E-state index contributed by atoms with van der Waals surface area (Å²) >= 11 is 0. The second-order valence-electron chi connectivity index (χ2n) is 4.85. The van der Waals surface area contributed by atoms with E-state index in [1.807, 2.05) is 12.1 Å². The second-order valence-corrected chi connectivity index (χ2v) is 4.85. The predicted octanol–water partition coefficient (Wildman–Crippen LogP) is 3.90. The number of anilines is 1. The van der Waals surface area contributed by atoms with Gasteiger partial charge in [-0.15, -0.1) is 0 Å². The molecule has 1 heterocycles. The molecule has 0 saturated heterocycles. The van der Waals surface area contributed by atoms with E-state index in [9.17, 15) is 0 Å². The lowest BCUT2D eigenvalue weighted by atomic mass is 10.1. The highest BCUT2D eigenvalue weighted by atomic mass is 16.7. The third-order valence-electron chi connectivity index (χ3n) is 3.30. The summed E-state index contributed by atoms with van der Waals surface area (Å²) in [6.07, 6.45) is 0. The fourth-order valence-corrected chi connectivity index (χ4v) is 2.25. The van der Waals surface area contributed by atoms with Gasteiger partial charge in [-0.05, 0) is 49.2 Å². The average molecular weight is 255 g/mol. The monoisotopic (exact) mass is 255 g/mol. The van der Waals surface area contributed by atoms with Crippen LogP contribution in [0.25, 0.3) is 0 Å². The van der Waals surface area contributed by atoms with Crippen molar-refractivity contribution in [2.45, 2.75) is 19.9 Å². The summed E-state index contributed by atoms with van der Waals surface area (Å²) in [5, 5.41) is 3.49. The molecule has 3 nitrogen and oxygen atoms in total. The number of ether oxygens (including phenoxy) is 2. The van der Waals surface area contributed by atoms with E-state index in [1.54, 1.807) is 0 Å². The highest BCUT2D eigenvalue weighted by molar-refractivity contribution is 5.50. The molecule has 0 saturated carbocycles. The molecule has 98 valence electrons. The van der Waals surface area contributed by atoms with E-state index in [2.05, 4.69) is 49.5 Å². The first-order valence-corrected chi connectivity index (χ1v) is 6.45. The Morgan fingerprint density at radius 1 is 1.05 bits per heavy atom. The van der Waals surface area contributed by atoms with Crippen LogP contribution in [0.4, 0.5) is 5.69 Å². The summed E-state index contributed by atoms with van der Waals surface area (Å²) in [5.41, 5.74) is 3.57. The fourth-order valence-electron chi connectivity index (χ4n) is 2.25. The van der Waals surface area contributed by atoms with Crippen LogP contribution >= 0.6 is 0 Å². The Bertz CT molecular complexity index is 595. The maximum Gasteiger partial charge on any atom is 0.231 e. The molecule has 1 aliphatic rings. The lowest BCUT2D eigenvalue weighted by Gasteiger charge is -2.16. The third-order valence-corrected chi connectivity index (χ3v) is 3.30. The molecule has 1 N–H and O–H groups in total. The summed E-state index contributed by atoms with van der Waals surface area (Å²) in [4.78, 5) is 0. The zero-order valence-electron chi connectivity index (χ0n) is 11.1. The topological polar surface area (TPSA) is 30.5 Å². The van der Waals surface area contributed by atoms with Crippen molar-refractivity contribution in [2.24, 2.45) is 0 Å². The van der Waals surface area contributed by atoms with E-state index in [0.29, 0.717) is 6.79 Å². The van der Waals surface area contributed by atoms with Crippen LogP contribution in [0.1, 0.15) is 24.1 Å². The molecule has 1 atom stereocenters. The van der Waals surface area contributed by atoms with Crippen LogP contribution in [0.3, 0.4) is 0 Å². The lowest BCUT2D eigenvalue weighted by Crippen LogP contribution is -2.06. The molecular formula is C16H17NO2. The second kappa shape index (κ2) is 4.84. The molecule has 19 heavy (non-hydrogen) atoms. The van der Waals surface area contributed by atoms with Crippen molar-refractivity contribution in [2.75, 3.05) is 12.1 Å². The van der Waals surface area contributed by atoms with Crippen LogP contribution in [0.2, 0.25) is 0 Å². The largest absolute Gasteiger partial charge is 0.454 e. The number of benzene rings is 2. The molecule has 1 unspecified atom stereocenters. The summed E-state index contributed by atoms with van der Waals surface area (Å²) in [6.45, 7) is 4.55. The minimum atomic E-state index is 0.219. The van der Waals surface area contributed by atoms with E-state index >= 15 is 0 Å². The fraction of sp³-hybridized carbons (Fsp3) is 0.250. The quantitative estimate of drug-likeness (QED) is 0.902. The third kappa shape index (κ3) is 2.50. The zero-order chi connectivity index (χ0) is 13.2. The van der Waals surface area contributed by atoms with Gasteiger partial charge in [-0.2, -0.15) is 0 Å². The zero-order valence-corrected chi connectivity index (χ0v) is 11.1. The Morgan fingerprint density at radius 2 is 1.89 bits per heavy atom. The maximum atomic E-state index is 5.41. The van der Waals surface area contributed by atoms with E-state index in [4.69, 9.17) is 9.47 Å². The SMILES string of the molecule is Cc1cccc(NC(C)c2ccc3c(c2)OCO3)c1. The number of hydrogen-bond donors (Lipinski definition) is 1. The van der Waals surface area contributed by atoms with Gasteiger partial charge in [-0.3, -0.25) is 0 Å². The van der Waals surface area contributed by atoms with Gasteiger partial charge in [0.2, 0.25) is 6.79 Å². The van der Waals surface area contributed by atoms with Gasteiger partial charge in [0.1, 0.15) is 0 Å². The molecule has 0 fully saturated rings. The van der Waals surface area contributed by atoms with Crippen LogP contribution in [-0.2, 0) is 0 Å². The van der Waals surface area contributed by atoms with Crippen molar-refractivity contribution in [1.82, 2.24) is 0 Å². The Kier molecular flexibility index (Phi) is 3.03. The van der Waals surface area contributed by atoms with Crippen LogP contribution in [-0.4, -0.2) is 6.79 Å². The summed E-state index contributed by atoms with van der Waals surface area (Å²) in [6, 6.07) is 14.7. The molecule has 2 aromatic carbocycles. The summed E-state index contributed by atoms with van der Waals surface area (Å²) < 4.78 is 10.7. The minimum absolute atomic E-state index is 0.219. The minimum Gasteiger partial charge on any atom is -0.454 e. The highest BCUT2D eigenvalue weighted by Crippen LogP contribution is 2.34. The first-order chi connectivity index (χ1) is 9.22. The van der Waals surface area contributed by atoms with E-state index in [0.717, 1.165) is 17.2 Å². The Morgan fingerprint density at radius 3 is 2.74 bits per heavy atom. The van der Waals surface area contributed by atoms with Gasteiger partial charge >= 0.3 is 0 Å². The van der Waals surface area contributed by atoms with Crippen molar-refractivity contribution < 1.29 is 9.47 Å². The van der Waals surface area contributed by atoms with Gasteiger partial charge in [0.05, 0.1) is 0 Å². The van der Waals surface area contributed by atoms with E-state index in [-0.39, 0.29) is 6.04 Å². The Balaban J connectivity index is 1.78. The maximum absolute atomic E-state index is 5.41. The summed E-state index contributed by atoms with van der Waals surface area (Å²) in [7, 11) is 0. The van der Waals surface area contributed by atoms with Crippen LogP contribution < -0.4 is 14.8 Å². The first kappa shape index (κ1) is 11.9. The number of fused-ring (bicyclic) bond motifs is 1. The van der Waals surface area contributed by atoms with Crippen molar-refractivity contribution in [1.29, 1.82) is 0 Å². The molecule has 0 amide bonds. The van der Waals surface area contributed by atoms with Crippen molar-refractivity contribution in [3.05, 3.63) is 53.6 Å². The molecule has 3 heteroatoms. The van der Waals surface area contributed by atoms with Crippen LogP contribution in [0.15, 0.2) is 42.5 Å². The van der Waals surface area contributed by atoms with Crippen molar-refractivity contribution in [3.63, 3.8) is 0 Å². The predicted molar refractivity (Wildman–Crippen MR) is 75.8 cm³/mol. The molecule has 0 spiro atoms. The number of aryl methyl sites for hydroxylation is 1. The molecule has 3 rings (SSSR count). The molecule has 2 aromatic rings. The lowest BCUT2D eigenvalue weighted by molar-refractivity contribution is 0.174. The Labute approximate surface area is 113 Å². The van der Waals surface area contributed by atoms with Gasteiger partial charge in [0, 0.05) is 11.7 Å². The van der Waals surface area contributed by atoms with Crippen molar-refractivity contribution in [3.8, 4) is 11.5 Å². The van der Waals surface area contributed by atoms with Crippen LogP contribution in [0, 0.1) is 6.92 Å². The summed E-state index contributed by atoms with van der Waals surface area (Å²) in [5.74, 6) is 1.65. The molecule has 0 radical (unpaired) electrons. The number of hydrogen-bond acceptors (Lipinski definition) is 3. The van der Waals surface area contributed by atoms with Crippen LogP contribution in [0.5, 0.6) is 11.5 Å². The molecular weight excluding hydrogens is 238 g/mol. The molecule has 0 bridgehead atoms. The van der Waals surface area contributed by atoms with E-state index < -0.39 is 0 Å². The standard InChI is InChI=1S/C16H17NO2/c1-11-4-3-5-14(8-11)17-12(2)13-6-7-15-16(9-13)19-10-18-15/h3-9,12,17H,10H2,1-2H3.